The summed E-state index contributed by atoms with van der Waals surface area (Å²) in [4.78, 5) is 24.1. The molecule has 0 atom stereocenters. The lowest BCUT2D eigenvalue weighted by atomic mass is 9.57. The maximum atomic E-state index is 15.7. The van der Waals surface area contributed by atoms with E-state index in [1.165, 1.54) is 30.5 Å². The van der Waals surface area contributed by atoms with Crippen molar-refractivity contribution in [2.75, 3.05) is 36.1 Å². The van der Waals surface area contributed by atoms with Gasteiger partial charge in [-0.05, 0) is 48.6 Å². The number of nitrogens with one attached hydrogen (secondary N) is 2. The standard InChI is InChI=1S/C32H33F2N5O4S/c1-18(2)35-8-9-43-30-27(38-44(4,41)42)11-20(16-37-30)23-12-24-26(13-25(23)34)36-17-28-29(24)32(31(40)39(28)3)14-21(15-32)19-6-5-7-22(33)10-19/h5-7,10-13,16-18,21,35,38H,8-9,14-15H2,1-4H3. The smallest absolute Gasteiger partial charge is 0.238 e. The number of hydrogen-bond donors (Lipinski definition) is 2. The number of fused-ring (bicyclic) bond motifs is 4. The number of aromatic nitrogens is 2. The fourth-order valence-corrected chi connectivity index (χ4v) is 6.90. The van der Waals surface area contributed by atoms with Crippen LogP contribution in [-0.4, -0.2) is 56.8 Å². The second-order valence-corrected chi connectivity index (χ2v) is 13.6. The number of rotatable bonds is 9. The first-order valence-corrected chi connectivity index (χ1v) is 16.3. The van der Waals surface area contributed by atoms with Crippen LogP contribution in [0.2, 0.25) is 0 Å². The number of carbonyl (C=O) groups excluding carboxylic acids is 1. The monoisotopic (exact) mass is 621 g/mol. The Balaban J connectivity index is 1.41. The molecule has 1 spiro atoms. The van der Waals surface area contributed by atoms with Gasteiger partial charge >= 0.3 is 0 Å². The molecule has 2 aromatic heterocycles. The van der Waals surface area contributed by atoms with E-state index in [4.69, 9.17) is 4.74 Å². The lowest BCUT2D eigenvalue weighted by Crippen LogP contribution is -2.47. The minimum absolute atomic E-state index is 0.00533. The van der Waals surface area contributed by atoms with E-state index in [0.717, 1.165) is 17.4 Å². The average molecular weight is 622 g/mol. The van der Waals surface area contributed by atoms with Gasteiger partial charge in [-0.2, -0.15) is 0 Å². The first-order valence-electron chi connectivity index (χ1n) is 14.4. The van der Waals surface area contributed by atoms with E-state index < -0.39 is 21.3 Å². The molecule has 2 aliphatic rings. The van der Waals surface area contributed by atoms with Crippen molar-refractivity contribution in [1.82, 2.24) is 15.3 Å². The van der Waals surface area contributed by atoms with E-state index in [1.54, 1.807) is 30.3 Å². The van der Waals surface area contributed by atoms with Crippen molar-refractivity contribution < 1.29 is 26.7 Å². The summed E-state index contributed by atoms with van der Waals surface area (Å²) < 4.78 is 62.1. The molecule has 44 heavy (non-hydrogen) atoms. The van der Waals surface area contributed by atoms with Crippen molar-refractivity contribution in [3.05, 3.63) is 77.6 Å². The Labute approximate surface area is 254 Å². The maximum absolute atomic E-state index is 15.7. The molecule has 1 aliphatic carbocycles. The quantitative estimate of drug-likeness (QED) is 0.250. The number of nitrogens with zero attached hydrogens (tertiary/aromatic N) is 3. The van der Waals surface area contributed by atoms with Gasteiger partial charge in [0.05, 0.1) is 29.1 Å². The zero-order valence-electron chi connectivity index (χ0n) is 24.8. The average Bonchev–Trinajstić information content (AvgIpc) is 3.16. The van der Waals surface area contributed by atoms with Crippen LogP contribution < -0.4 is 19.7 Å². The molecule has 1 amide bonds. The summed E-state index contributed by atoms with van der Waals surface area (Å²) in [6.45, 7) is 4.75. The van der Waals surface area contributed by atoms with E-state index in [1.807, 2.05) is 19.9 Å². The summed E-state index contributed by atoms with van der Waals surface area (Å²) in [5.74, 6) is -0.915. The Hall–Kier alpha value is -4.16. The van der Waals surface area contributed by atoms with Crippen molar-refractivity contribution in [1.29, 1.82) is 0 Å². The van der Waals surface area contributed by atoms with Crippen LogP contribution in [-0.2, 0) is 20.2 Å². The molecule has 1 saturated carbocycles. The Kier molecular flexibility index (Phi) is 7.53. The summed E-state index contributed by atoms with van der Waals surface area (Å²) in [6.07, 6.45) is 5.00. The summed E-state index contributed by atoms with van der Waals surface area (Å²) >= 11 is 0. The molecular formula is C32H33F2N5O4S. The van der Waals surface area contributed by atoms with E-state index in [0.29, 0.717) is 41.5 Å². The molecule has 12 heteroatoms. The fraction of sp³-hybridized carbons (Fsp3) is 0.344. The molecule has 1 fully saturated rings. The molecule has 1 aliphatic heterocycles. The van der Waals surface area contributed by atoms with Crippen molar-refractivity contribution >= 4 is 38.2 Å². The van der Waals surface area contributed by atoms with Crippen LogP contribution >= 0.6 is 0 Å². The van der Waals surface area contributed by atoms with Crippen LogP contribution in [0.1, 0.15) is 43.7 Å². The van der Waals surface area contributed by atoms with E-state index in [2.05, 4.69) is 20.0 Å². The molecule has 2 N–H and O–H groups in total. The van der Waals surface area contributed by atoms with Gasteiger partial charge in [-0.3, -0.25) is 14.5 Å². The van der Waals surface area contributed by atoms with Gasteiger partial charge in [0.25, 0.3) is 0 Å². The Morgan fingerprint density at radius 2 is 1.89 bits per heavy atom. The maximum Gasteiger partial charge on any atom is 0.238 e. The molecule has 9 nitrogen and oxygen atoms in total. The normalized spacial score (nSPS) is 19.5. The molecule has 0 saturated heterocycles. The van der Waals surface area contributed by atoms with E-state index in [9.17, 15) is 17.6 Å². The van der Waals surface area contributed by atoms with Crippen LogP contribution in [0.3, 0.4) is 0 Å². The molecule has 2 aromatic carbocycles. The number of carbonyl (C=O) groups is 1. The zero-order chi connectivity index (χ0) is 31.4. The van der Waals surface area contributed by atoms with Gasteiger partial charge in [-0.15, -0.1) is 0 Å². The molecule has 6 rings (SSSR count). The third kappa shape index (κ3) is 5.36. The fourth-order valence-electron chi connectivity index (χ4n) is 6.36. The second-order valence-electron chi connectivity index (χ2n) is 11.9. The number of hydrogen-bond acceptors (Lipinski definition) is 7. The molecular weight excluding hydrogens is 588 g/mol. The second kappa shape index (κ2) is 11.1. The number of benzene rings is 2. The molecule has 0 radical (unpaired) electrons. The van der Waals surface area contributed by atoms with Gasteiger partial charge in [-0.1, -0.05) is 26.0 Å². The van der Waals surface area contributed by atoms with Gasteiger partial charge in [-0.25, -0.2) is 22.2 Å². The van der Waals surface area contributed by atoms with Crippen molar-refractivity contribution in [3.63, 3.8) is 0 Å². The SMILES string of the molecule is CC(C)NCCOc1ncc(-c2cc3c4c(cnc3cc2F)N(C)C(=O)C42CC(c3cccc(F)c3)C2)cc1NS(C)(=O)=O. The third-order valence-electron chi connectivity index (χ3n) is 8.35. The molecule has 3 heterocycles. The zero-order valence-corrected chi connectivity index (χ0v) is 25.6. The lowest BCUT2D eigenvalue weighted by molar-refractivity contribution is -0.126. The predicted octanol–water partition coefficient (Wildman–Crippen LogP) is 5.12. The first-order chi connectivity index (χ1) is 20.9. The summed E-state index contributed by atoms with van der Waals surface area (Å²) in [5, 5.41) is 3.83. The number of anilines is 2. The Morgan fingerprint density at radius 3 is 2.59 bits per heavy atom. The van der Waals surface area contributed by atoms with Crippen LogP contribution in [0.25, 0.3) is 22.0 Å². The lowest BCUT2D eigenvalue weighted by Gasteiger charge is -2.44. The number of halogens is 2. The number of amides is 1. The number of likely N-dealkylation sites (N-methyl/N-ethyl adjacent to an activating group) is 1. The largest absolute Gasteiger partial charge is 0.475 e. The van der Waals surface area contributed by atoms with Crippen LogP contribution in [0.4, 0.5) is 20.2 Å². The summed E-state index contributed by atoms with van der Waals surface area (Å²) in [7, 11) is -2.01. The van der Waals surface area contributed by atoms with E-state index >= 15 is 4.39 Å². The molecule has 0 bridgehead atoms. The van der Waals surface area contributed by atoms with Crippen LogP contribution in [0, 0.1) is 11.6 Å². The van der Waals surface area contributed by atoms with Crippen LogP contribution in [0.5, 0.6) is 5.88 Å². The Bertz CT molecular complexity index is 1890. The highest BCUT2D eigenvalue weighted by molar-refractivity contribution is 7.92. The van der Waals surface area contributed by atoms with Crippen LogP contribution in [0.15, 0.2) is 54.9 Å². The van der Waals surface area contributed by atoms with Crippen molar-refractivity contribution in [3.8, 4) is 17.0 Å². The summed E-state index contributed by atoms with van der Waals surface area (Å²) in [5.41, 5.74) is 2.36. The van der Waals surface area contributed by atoms with Gasteiger partial charge in [0.15, 0.2) is 0 Å². The molecule has 0 unspecified atom stereocenters. The van der Waals surface area contributed by atoms with Gasteiger partial charge < -0.3 is 15.0 Å². The summed E-state index contributed by atoms with van der Waals surface area (Å²) in [6, 6.07) is 11.1. The minimum Gasteiger partial charge on any atom is -0.475 e. The molecule has 4 aromatic rings. The minimum atomic E-state index is -3.71. The number of sulfonamides is 1. The molecule has 230 valence electrons. The van der Waals surface area contributed by atoms with Gasteiger partial charge in [0, 0.05) is 54.0 Å². The van der Waals surface area contributed by atoms with Gasteiger partial charge in [0.2, 0.25) is 21.8 Å². The number of ether oxygens (including phenoxy) is 1. The first kappa shape index (κ1) is 29.9. The van der Waals surface area contributed by atoms with Crippen molar-refractivity contribution in [2.24, 2.45) is 0 Å². The topological polar surface area (TPSA) is 114 Å². The Morgan fingerprint density at radius 1 is 1.11 bits per heavy atom. The van der Waals surface area contributed by atoms with Crippen molar-refractivity contribution in [2.45, 2.75) is 44.1 Å². The van der Waals surface area contributed by atoms with Gasteiger partial charge in [0.1, 0.15) is 23.9 Å². The highest BCUT2D eigenvalue weighted by Crippen LogP contribution is 2.60. The third-order valence-corrected chi connectivity index (χ3v) is 8.94. The highest BCUT2D eigenvalue weighted by atomic mass is 32.2. The highest BCUT2D eigenvalue weighted by Gasteiger charge is 2.58. The predicted molar refractivity (Wildman–Crippen MR) is 165 cm³/mol. The number of pyridine rings is 2. The van der Waals surface area contributed by atoms with E-state index in [-0.39, 0.29) is 47.4 Å².